The van der Waals surface area contributed by atoms with Crippen LogP contribution < -0.4 is 0 Å². The van der Waals surface area contributed by atoms with Gasteiger partial charge in [-0.1, -0.05) is 34.8 Å². The summed E-state index contributed by atoms with van der Waals surface area (Å²) in [6.45, 7) is -0.0540. The second kappa shape index (κ2) is 6.69. The normalized spacial score (nSPS) is 13.8. The van der Waals surface area contributed by atoms with Crippen molar-refractivity contribution in [1.29, 1.82) is 5.26 Å². The summed E-state index contributed by atoms with van der Waals surface area (Å²) < 4.78 is 8.55. The Hall–Kier alpha value is 0.280. The predicted octanol–water partition coefficient (Wildman–Crippen LogP) is 2.65. The van der Waals surface area contributed by atoms with Crippen molar-refractivity contribution in [3.63, 3.8) is 0 Å². The van der Waals surface area contributed by atoms with Crippen LogP contribution in [0.15, 0.2) is 0 Å². The summed E-state index contributed by atoms with van der Waals surface area (Å²) in [5.41, 5.74) is 0. The monoisotopic (exact) mass is 245 g/mol. The molecule has 0 fully saturated rings. The fraction of sp³-hybridized carbons (Fsp3) is 0.857. The number of nitriles is 1. The molecule has 6 heteroatoms. The van der Waals surface area contributed by atoms with Gasteiger partial charge in [-0.2, -0.15) is 5.26 Å². The van der Waals surface area contributed by atoms with Crippen molar-refractivity contribution in [2.24, 2.45) is 0 Å². The molecule has 0 bridgehead atoms. The van der Waals surface area contributed by atoms with Gasteiger partial charge in [-0.25, -0.2) is 0 Å². The molecule has 1 atom stereocenters. The highest BCUT2D eigenvalue weighted by Gasteiger charge is 2.22. The lowest BCUT2D eigenvalue weighted by Gasteiger charge is -2.18. The fourth-order valence-electron chi connectivity index (χ4n) is 0.639. The first kappa shape index (κ1) is 13.3. The van der Waals surface area contributed by atoms with Crippen molar-refractivity contribution in [3.05, 3.63) is 0 Å². The molecule has 0 unspecified atom stereocenters. The van der Waals surface area contributed by atoms with Crippen molar-refractivity contribution < 1.29 is 9.47 Å². The molecule has 0 aliphatic rings. The predicted molar refractivity (Wildman–Crippen MR) is 51.9 cm³/mol. The molecular formula is C7H10Cl3NO2. The SMILES string of the molecule is CO[C@H](CCC#N)OCC(Cl)(Cl)Cl. The number of nitrogens with zero attached hydrogens (tertiary/aromatic N) is 1. The lowest BCUT2D eigenvalue weighted by atomic mass is 10.3. The molecule has 0 aliphatic heterocycles. The van der Waals surface area contributed by atoms with Crippen LogP contribution in [0.1, 0.15) is 12.8 Å². The highest BCUT2D eigenvalue weighted by Crippen LogP contribution is 2.26. The van der Waals surface area contributed by atoms with Gasteiger partial charge in [-0.05, 0) is 0 Å². The average molecular weight is 247 g/mol. The topological polar surface area (TPSA) is 42.2 Å². The zero-order valence-electron chi connectivity index (χ0n) is 7.10. The van der Waals surface area contributed by atoms with Crippen LogP contribution in [0.2, 0.25) is 0 Å². The molecule has 3 nitrogen and oxygen atoms in total. The maximum absolute atomic E-state index is 8.30. The van der Waals surface area contributed by atoms with E-state index in [-0.39, 0.29) is 6.61 Å². The molecule has 0 amide bonds. The minimum absolute atomic E-state index is 0.0540. The lowest BCUT2D eigenvalue weighted by molar-refractivity contribution is -0.125. The smallest absolute Gasteiger partial charge is 0.213 e. The van der Waals surface area contributed by atoms with E-state index in [0.29, 0.717) is 12.8 Å². The van der Waals surface area contributed by atoms with E-state index in [1.54, 1.807) is 0 Å². The second-order valence-electron chi connectivity index (χ2n) is 2.29. The molecule has 0 saturated carbocycles. The zero-order chi connectivity index (χ0) is 10.3. The molecule has 13 heavy (non-hydrogen) atoms. The van der Waals surface area contributed by atoms with Crippen LogP contribution in [0.25, 0.3) is 0 Å². The summed E-state index contributed by atoms with van der Waals surface area (Å²) in [5, 5.41) is 8.30. The molecule has 0 aromatic carbocycles. The Labute approximate surface area is 92.5 Å². The third-order valence-corrected chi connectivity index (χ3v) is 1.51. The van der Waals surface area contributed by atoms with Gasteiger partial charge in [0.1, 0.15) is 0 Å². The Bertz CT molecular complexity index is 176. The quantitative estimate of drug-likeness (QED) is 0.553. The van der Waals surface area contributed by atoms with Crippen LogP contribution in [0.3, 0.4) is 0 Å². The minimum atomic E-state index is -1.44. The van der Waals surface area contributed by atoms with Crippen LogP contribution in [0.5, 0.6) is 0 Å². The molecular weight excluding hydrogens is 236 g/mol. The van der Waals surface area contributed by atoms with E-state index < -0.39 is 10.1 Å². The van der Waals surface area contributed by atoms with Crippen molar-refractivity contribution in [2.75, 3.05) is 13.7 Å². The number of ether oxygens (including phenoxy) is 2. The zero-order valence-corrected chi connectivity index (χ0v) is 9.36. The van der Waals surface area contributed by atoms with E-state index in [9.17, 15) is 0 Å². The number of rotatable bonds is 5. The molecule has 0 N–H and O–H groups in total. The standard InChI is InChI=1S/C7H10Cl3NO2/c1-12-6(3-2-4-11)13-5-7(8,9)10/h6H,2-3,5H2,1H3/t6-/m0/s1. The molecule has 0 aromatic rings. The van der Waals surface area contributed by atoms with Crippen molar-refractivity contribution in [1.82, 2.24) is 0 Å². The Kier molecular flexibility index (Phi) is 6.84. The summed E-state index contributed by atoms with van der Waals surface area (Å²) in [6, 6.07) is 1.97. The van der Waals surface area contributed by atoms with Gasteiger partial charge in [0.2, 0.25) is 3.79 Å². The Morgan fingerprint density at radius 2 is 2.08 bits per heavy atom. The number of methoxy groups -OCH3 is 1. The largest absolute Gasteiger partial charge is 0.356 e. The maximum Gasteiger partial charge on any atom is 0.213 e. The average Bonchev–Trinajstić information content (AvgIpc) is 2.03. The highest BCUT2D eigenvalue weighted by atomic mass is 35.6. The third-order valence-electron chi connectivity index (χ3n) is 1.19. The molecule has 0 heterocycles. The Balaban J connectivity index is 3.67. The number of hydrogen-bond donors (Lipinski definition) is 0. The molecule has 0 saturated heterocycles. The first-order valence-electron chi connectivity index (χ1n) is 3.57. The number of halogens is 3. The minimum Gasteiger partial charge on any atom is -0.356 e. The van der Waals surface area contributed by atoms with Crippen molar-refractivity contribution in [3.8, 4) is 6.07 Å². The first-order chi connectivity index (χ1) is 5.99. The van der Waals surface area contributed by atoms with Crippen LogP contribution >= 0.6 is 34.8 Å². The molecule has 0 radical (unpaired) electrons. The van der Waals surface area contributed by atoms with Crippen LogP contribution in [0, 0.1) is 11.3 Å². The van der Waals surface area contributed by atoms with Crippen molar-refractivity contribution in [2.45, 2.75) is 22.9 Å². The van der Waals surface area contributed by atoms with Gasteiger partial charge >= 0.3 is 0 Å². The summed E-state index contributed by atoms with van der Waals surface area (Å²) in [4.78, 5) is 0. The highest BCUT2D eigenvalue weighted by molar-refractivity contribution is 6.67. The summed E-state index contributed by atoms with van der Waals surface area (Å²) in [5.74, 6) is 0. The summed E-state index contributed by atoms with van der Waals surface area (Å²) >= 11 is 16.4. The lowest BCUT2D eigenvalue weighted by Crippen LogP contribution is -2.22. The van der Waals surface area contributed by atoms with Gasteiger partial charge in [-0.3, -0.25) is 0 Å². The van der Waals surface area contributed by atoms with E-state index in [2.05, 4.69) is 0 Å². The summed E-state index contributed by atoms with van der Waals surface area (Å²) in [6.07, 6.45) is 0.321. The Morgan fingerprint density at radius 1 is 1.46 bits per heavy atom. The van der Waals surface area contributed by atoms with Gasteiger partial charge in [-0.15, -0.1) is 0 Å². The van der Waals surface area contributed by atoms with Gasteiger partial charge in [0, 0.05) is 20.0 Å². The molecule has 0 aliphatic carbocycles. The third kappa shape index (κ3) is 8.61. The second-order valence-corrected chi connectivity index (χ2v) is 4.80. The molecule has 0 rings (SSSR count). The van der Waals surface area contributed by atoms with E-state index >= 15 is 0 Å². The number of hydrogen-bond acceptors (Lipinski definition) is 3. The fourth-order valence-corrected chi connectivity index (χ4v) is 0.828. The van der Waals surface area contributed by atoms with Gasteiger partial charge in [0.05, 0.1) is 12.7 Å². The first-order valence-corrected chi connectivity index (χ1v) is 4.71. The molecule has 0 aromatic heterocycles. The number of alkyl halides is 3. The molecule has 76 valence electrons. The van der Waals surface area contributed by atoms with E-state index in [0.717, 1.165) is 0 Å². The molecule has 0 spiro atoms. The van der Waals surface area contributed by atoms with Crippen molar-refractivity contribution >= 4 is 34.8 Å². The van der Waals surface area contributed by atoms with Gasteiger partial charge < -0.3 is 9.47 Å². The van der Waals surface area contributed by atoms with E-state index in [4.69, 9.17) is 49.5 Å². The van der Waals surface area contributed by atoms with Gasteiger partial charge in [0.25, 0.3) is 0 Å². The van der Waals surface area contributed by atoms with Crippen LogP contribution in [0.4, 0.5) is 0 Å². The van der Waals surface area contributed by atoms with E-state index in [1.165, 1.54) is 7.11 Å². The Morgan fingerprint density at radius 3 is 2.46 bits per heavy atom. The van der Waals surface area contributed by atoms with E-state index in [1.807, 2.05) is 6.07 Å². The summed E-state index contributed by atoms with van der Waals surface area (Å²) in [7, 11) is 1.47. The maximum atomic E-state index is 8.30. The van der Waals surface area contributed by atoms with Crippen LogP contribution in [-0.2, 0) is 9.47 Å². The van der Waals surface area contributed by atoms with Crippen LogP contribution in [-0.4, -0.2) is 23.8 Å². The van der Waals surface area contributed by atoms with Gasteiger partial charge in [0.15, 0.2) is 6.29 Å².